The van der Waals surface area contributed by atoms with Gasteiger partial charge in [-0.15, -0.1) is 10.2 Å². The minimum absolute atomic E-state index is 0.573. The molecule has 0 aliphatic heterocycles. The Balaban J connectivity index is 2.69. The van der Waals surface area contributed by atoms with Crippen molar-refractivity contribution in [2.75, 3.05) is 19.3 Å². The average molecular weight is 291 g/mol. The van der Waals surface area contributed by atoms with E-state index >= 15 is 0 Å². The van der Waals surface area contributed by atoms with Gasteiger partial charge in [-0.1, -0.05) is 18.3 Å². The maximum atomic E-state index is 11.7. The number of aromatic nitrogens is 2. The van der Waals surface area contributed by atoms with E-state index in [4.69, 9.17) is 0 Å². The lowest BCUT2D eigenvalue weighted by atomic mass is 10.2. The molecule has 0 aromatic carbocycles. The molecule has 0 amide bonds. The van der Waals surface area contributed by atoms with Gasteiger partial charge >= 0.3 is 0 Å². The van der Waals surface area contributed by atoms with Crippen LogP contribution in [0.15, 0.2) is 0 Å². The van der Waals surface area contributed by atoms with E-state index in [1.54, 1.807) is 13.8 Å². The molecule has 0 fully saturated rings. The Bertz CT molecular complexity index is 480. The summed E-state index contributed by atoms with van der Waals surface area (Å²) in [6.07, 6.45) is 3.06. The Morgan fingerprint density at radius 1 is 1.33 bits per heavy atom. The first-order chi connectivity index (χ1) is 8.29. The largest absolute Gasteiger partial charge is 0.317 e. The molecule has 104 valence electrons. The zero-order valence-corrected chi connectivity index (χ0v) is 13.0. The standard InChI is InChI=1S/C11H21N3O2S2/c1-5-12-8-6-7-9-13-14-10(17-9)11(2,3)18(4,15)16/h12H,5-8H2,1-4H3. The van der Waals surface area contributed by atoms with Crippen LogP contribution in [0.1, 0.15) is 37.2 Å². The van der Waals surface area contributed by atoms with Crippen LogP contribution in [-0.4, -0.2) is 38.0 Å². The van der Waals surface area contributed by atoms with E-state index in [0.29, 0.717) is 5.01 Å². The molecule has 5 nitrogen and oxygen atoms in total. The second kappa shape index (κ2) is 6.08. The van der Waals surface area contributed by atoms with Crippen molar-refractivity contribution in [1.82, 2.24) is 15.5 Å². The highest BCUT2D eigenvalue weighted by Crippen LogP contribution is 2.31. The predicted octanol–water partition coefficient (Wildman–Crippen LogP) is 1.36. The van der Waals surface area contributed by atoms with Gasteiger partial charge < -0.3 is 5.32 Å². The third-order valence-electron chi connectivity index (χ3n) is 2.90. The van der Waals surface area contributed by atoms with Crippen LogP contribution >= 0.6 is 11.3 Å². The molecule has 1 aromatic rings. The molecule has 0 saturated carbocycles. The minimum atomic E-state index is -3.18. The maximum absolute atomic E-state index is 11.7. The summed E-state index contributed by atoms with van der Waals surface area (Å²) in [5.41, 5.74) is 0. The normalized spacial score (nSPS) is 12.9. The molecular weight excluding hydrogens is 270 g/mol. The summed E-state index contributed by atoms with van der Waals surface area (Å²) in [4.78, 5) is 0. The van der Waals surface area contributed by atoms with Crippen molar-refractivity contribution < 1.29 is 8.42 Å². The Hall–Kier alpha value is -0.530. The summed E-state index contributed by atoms with van der Waals surface area (Å²) in [5, 5.41) is 12.8. The van der Waals surface area contributed by atoms with Gasteiger partial charge in [-0.05, 0) is 33.4 Å². The topological polar surface area (TPSA) is 72.0 Å². The highest BCUT2D eigenvalue weighted by Gasteiger charge is 2.35. The zero-order chi connectivity index (χ0) is 13.8. The number of hydrogen-bond acceptors (Lipinski definition) is 6. The second-order valence-electron chi connectivity index (χ2n) is 4.74. The quantitative estimate of drug-likeness (QED) is 0.768. The van der Waals surface area contributed by atoms with E-state index in [1.165, 1.54) is 17.6 Å². The molecule has 7 heteroatoms. The first-order valence-electron chi connectivity index (χ1n) is 6.02. The number of hydrogen-bond donors (Lipinski definition) is 1. The molecule has 0 spiro atoms. The van der Waals surface area contributed by atoms with Crippen molar-refractivity contribution >= 4 is 21.2 Å². The monoisotopic (exact) mass is 291 g/mol. The van der Waals surface area contributed by atoms with Crippen molar-refractivity contribution in [1.29, 1.82) is 0 Å². The van der Waals surface area contributed by atoms with Crippen LogP contribution in [0.5, 0.6) is 0 Å². The van der Waals surface area contributed by atoms with Crippen molar-refractivity contribution in [3.05, 3.63) is 10.0 Å². The van der Waals surface area contributed by atoms with Crippen LogP contribution in [0.3, 0.4) is 0 Å². The Morgan fingerprint density at radius 3 is 2.56 bits per heavy atom. The van der Waals surface area contributed by atoms with Crippen LogP contribution in [0.2, 0.25) is 0 Å². The predicted molar refractivity (Wildman–Crippen MR) is 74.6 cm³/mol. The molecular formula is C11H21N3O2S2. The van der Waals surface area contributed by atoms with Gasteiger partial charge in [0.05, 0.1) is 0 Å². The number of nitrogens with one attached hydrogen (secondary N) is 1. The van der Waals surface area contributed by atoms with Crippen LogP contribution in [-0.2, 0) is 21.0 Å². The molecule has 0 saturated heterocycles. The fraction of sp³-hybridized carbons (Fsp3) is 0.818. The molecule has 0 unspecified atom stereocenters. The highest BCUT2D eigenvalue weighted by molar-refractivity contribution is 7.91. The van der Waals surface area contributed by atoms with Crippen LogP contribution in [0, 0.1) is 0 Å². The third kappa shape index (κ3) is 3.73. The van der Waals surface area contributed by atoms with Crippen LogP contribution in [0.25, 0.3) is 0 Å². The van der Waals surface area contributed by atoms with Crippen molar-refractivity contribution in [2.45, 2.75) is 38.4 Å². The number of sulfone groups is 1. The van der Waals surface area contributed by atoms with Crippen molar-refractivity contribution in [3.63, 3.8) is 0 Å². The fourth-order valence-electron chi connectivity index (χ4n) is 1.30. The molecule has 0 bridgehead atoms. The highest BCUT2D eigenvalue weighted by atomic mass is 32.2. The van der Waals surface area contributed by atoms with Crippen LogP contribution in [0.4, 0.5) is 0 Å². The molecule has 18 heavy (non-hydrogen) atoms. The lowest BCUT2D eigenvalue weighted by molar-refractivity contribution is 0.558. The smallest absolute Gasteiger partial charge is 0.159 e. The van der Waals surface area contributed by atoms with Gasteiger partial charge in [0.25, 0.3) is 0 Å². The lowest BCUT2D eigenvalue weighted by Gasteiger charge is -2.18. The average Bonchev–Trinajstić information content (AvgIpc) is 2.72. The summed E-state index contributed by atoms with van der Waals surface area (Å²) >= 11 is 1.40. The van der Waals surface area contributed by atoms with Crippen molar-refractivity contribution in [3.8, 4) is 0 Å². The zero-order valence-electron chi connectivity index (χ0n) is 11.4. The second-order valence-corrected chi connectivity index (χ2v) is 8.37. The van der Waals surface area contributed by atoms with Gasteiger partial charge in [0.15, 0.2) is 9.84 Å². The molecule has 1 heterocycles. The fourth-order valence-corrected chi connectivity index (χ4v) is 3.11. The van der Waals surface area contributed by atoms with Gasteiger partial charge in [0.2, 0.25) is 0 Å². The van der Waals surface area contributed by atoms with Gasteiger partial charge in [-0.2, -0.15) is 0 Å². The molecule has 0 aliphatic rings. The molecule has 0 radical (unpaired) electrons. The Labute approximate surface area is 113 Å². The Morgan fingerprint density at radius 2 is 2.00 bits per heavy atom. The molecule has 1 aromatic heterocycles. The van der Waals surface area contributed by atoms with E-state index in [1.807, 2.05) is 0 Å². The summed E-state index contributed by atoms with van der Waals surface area (Å²) < 4.78 is 22.4. The van der Waals surface area contributed by atoms with E-state index in [2.05, 4.69) is 22.4 Å². The first kappa shape index (κ1) is 15.5. The molecule has 1 N–H and O–H groups in total. The van der Waals surface area contributed by atoms with Crippen molar-refractivity contribution in [2.24, 2.45) is 0 Å². The van der Waals surface area contributed by atoms with E-state index in [-0.39, 0.29) is 0 Å². The number of nitrogens with zero attached hydrogens (tertiary/aromatic N) is 2. The van der Waals surface area contributed by atoms with Gasteiger partial charge in [-0.25, -0.2) is 8.42 Å². The Kier molecular flexibility index (Phi) is 5.24. The number of rotatable bonds is 7. The minimum Gasteiger partial charge on any atom is -0.317 e. The maximum Gasteiger partial charge on any atom is 0.159 e. The molecule has 0 aliphatic carbocycles. The summed E-state index contributed by atoms with van der Waals surface area (Å²) in [6.45, 7) is 7.32. The van der Waals surface area contributed by atoms with Gasteiger partial charge in [0, 0.05) is 12.7 Å². The van der Waals surface area contributed by atoms with E-state index < -0.39 is 14.6 Å². The van der Waals surface area contributed by atoms with E-state index in [0.717, 1.165) is 30.9 Å². The SMILES string of the molecule is CCNCCCc1nnc(C(C)(C)S(C)(=O)=O)s1. The summed E-state index contributed by atoms with van der Waals surface area (Å²) in [7, 11) is -3.18. The lowest BCUT2D eigenvalue weighted by Crippen LogP contribution is -2.27. The summed E-state index contributed by atoms with van der Waals surface area (Å²) in [6, 6.07) is 0. The molecule has 1 rings (SSSR count). The van der Waals surface area contributed by atoms with Crippen LogP contribution < -0.4 is 5.32 Å². The third-order valence-corrected chi connectivity index (χ3v) is 6.39. The first-order valence-corrected chi connectivity index (χ1v) is 8.73. The van der Waals surface area contributed by atoms with Gasteiger partial charge in [-0.3, -0.25) is 0 Å². The molecule has 0 atom stereocenters. The van der Waals surface area contributed by atoms with E-state index in [9.17, 15) is 8.42 Å². The summed E-state index contributed by atoms with van der Waals surface area (Å²) in [5.74, 6) is 0. The van der Waals surface area contributed by atoms with Gasteiger partial charge in [0.1, 0.15) is 14.8 Å². The number of aryl methyl sites for hydroxylation is 1.